The van der Waals surface area contributed by atoms with Gasteiger partial charge in [0, 0.05) is 18.7 Å². The van der Waals surface area contributed by atoms with Crippen molar-refractivity contribution in [3.05, 3.63) is 17.0 Å². The standard InChI is InChI=1S/C17H27N3O4/c1-13-15(14(2)24-18-13)9-16(21)20-7-8-23-12-17(22,11-20)10-19-5-3-4-6-19/h22H,3-12H2,1-2H3/t17-/m1/s1. The summed E-state index contributed by atoms with van der Waals surface area (Å²) in [7, 11) is 0. The molecule has 2 aliphatic rings. The third kappa shape index (κ3) is 3.96. The molecule has 24 heavy (non-hydrogen) atoms. The lowest BCUT2D eigenvalue weighted by Gasteiger charge is -2.34. The van der Waals surface area contributed by atoms with Gasteiger partial charge in [-0.15, -0.1) is 0 Å². The molecular weight excluding hydrogens is 310 g/mol. The van der Waals surface area contributed by atoms with Crippen LogP contribution in [0.5, 0.6) is 0 Å². The Morgan fingerprint density at radius 3 is 2.71 bits per heavy atom. The molecule has 1 aromatic heterocycles. The van der Waals surface area contributed by atoms with Crippen molar-refractivity contribution in [2.45, 2.75) is 38.7 Å². The lowest BCUT2D eigenvalue weighted by Crippen LogP contribution is -2.53. The first kappa shape index (κ1) is 17.4. The van der Waals surface area contributed by atoms with Gasteiger partial charge in [-0.25, -0.2) is 0 Å². The van der Waals surface area contributed by atoms with Crippen LogP contribution >= 0.6 is 0 Å². The van der Waals surface area contributed by atoms with E-state index in [4.69, 9.17) is 9.26 Å². The fourth-order valence-corrected chi connectivity index (χ4v) is 3.60. The van der Waals surface area contributed by atoms with E-state index in [1.165, 1.54) is 12.8 Å². The minimum atomic E-state index is -1.00. The molecule has 134 valence electrons. The van der Waals surface area contributed by atoms with E-state index in [1.807, 2.05) is 13.8 Å². The summed E-state index contributed by atoms with van der Waals surface area (Å²) in [5.74, 6) is 0.661. The maximum absolute atomic E-state index is 12.7. The molecule has 0 aromatic carbocycles. The summed E-state index contributed by atoms with van der Waals surface area (Å²) in [6.45, 7) is 7.78. The van der Waals surface area contributed by atoms with Gasteiger partial charge in [-0.3, -0.25) is 4.79 Å². The predicted octanol–water partition coefficient (Wildman–Crippen LogP) is 0.520. The molecule has 0 spiro atoms. The number of aliphatic hydroxyl groups is 1. The summed E-state index contributed by atoms with van der Waals surface area (Å²) in [5.41, 5.74) is 0.586. The van der Waals surface area contributed by atoms with Crippen LogP contribution in [0.1, 0.15) is 29.9 Å². The Kier molecular flexibility index (Phi) is 5.22. The van der Waals surface area contributed by atoms with E-state index in [2.05, 4.69) is 10.1 Å². The van der Waals surface area contributed by atoms with Gasteiger partial charge in [0.1, 0.15) is 11.4 Å². The first-order chi connectivity index (χ1) is 11.5. The largest absolute Gasteiger partial charge is 0.384 e. The molecule has 3 rings (SSSR count). The summed E-state index contributed by atoms with van der Waals surface area (Å²) >= 11 is 0. The van der Waals surface area contributed by atoms with Gasteiger partial charge in [-0.2, -0.15) is 0 Å². The van der Waals surface area contributed by atoms with Crippen molar-refractivity contribution < 1.29 is 19.2 Å². The molecule has 2 saturated heterocycles. The highest BCUT2D eigenvalue weighted by atomic mass is 16.5. The molecule has 2 fully saturated rings. The number of hydrogen-bond acceptors (Lipinski definition) is 6. The molecule has 0 aliphatic carbocycles. The van der Waals surface area contributed by atoms with E-state index in [9.17, 15) is 9.90 Å². The van der Waals surface area contributed by atoms with Gasteiger partial charge in [0.05, 0.1) is 31.9 Å². The van der Waals surface area contributed by atoms with Gasteiger partial charge in [0.25, 0.3) is 0 Å². The molecule has 0 unspecified atom stereocenters. The molecule has 0 radical (unpaired) electrons. The van der Waals surface area contributed by atoms with E-state index >= 15 is 0 Å². The Bertz CT molecular complexity index is 563. The monoisotopic (exact) mass is 337 g/mol. The topological polar surface area (TPSA) is 79.0 Å². The predicted molar refractivity (Wildman–Crippen MR) is 87.7 cm³/mol. The van der Waals surface area contributed by atoms with Crippen LogP contribution in [0.15, 0.2) is 4.52 Å². The van der Waals surface area contributed by atoms with E-state index in [1.54, 1.807) is 4.90 Å². The lowest BCUT2D eigenvalue weighted by atomic mass is 10.0. The number of carbonyl (C=O) groups is 1. The molecular formula is C17H27N3O4. The van der Waals surface area contributed by atoms with Crippen molar-refractivity contribution in [3.8, 4) is 0 Å². The van der Waals surface area contributed by atoms with Gasteiger partial charge >= 0.3 is 0 Å². The van der Waals surface area contributed by atoms with Crippen molar-refractivity contribution in [2.24, 2.45) is 0 Å². The van der Waals surface area contributed by atoms with Crippen molar-refractivity contribution in [2.75, 3.05) is 45.9 Å². The summed E-state index contributed by atoms with van der Waals surface area (Å²) in [6, 6.07) is 0. The number of aryl methyl sites for hydroxylation is 2. The zero-order valence-corrected chi connectivity index (χ0v) is 14.6. The number of aromatic nitrogens is 1. The highest BCUT2D eigenvalue weighted by Crippen LogP contribution is 2.20. The van der Waals surface area contributed by atoms with E-state index < -0.39 is 5.60 Å². The number of ether oxygens (including phenoxy) is 1. The molecule has 3 heterocycles. The maximum atomic E-state index is 12.7. The van der Waals surface area contributed by atoms with Gasteiger partial charge < -0.3 is 24.2 Å². The molecule has 1 atom stereocenters. The summed E-state index contributed by atoms with van der Waals surface area (Å²) in [4.78, 5) is 16.7. The van der Waals surface area contributed by atoms with Crippen LogP contribution < -0.4 is 0 Å². The summed E-state index contributed by atoms with van der Waals surface area (Å²) in [6.07, 6.45) is 2.60. The van der Waals surface area contributed by atoms with E-state index in [-0.39, 0.29) is 18.9 Å². The van der Waals surface area contributed by atoms with Crippen LogP contribution in [0.25, 0.3) is 0 Å². The Hall–Kier alpha value is -1.44. The normalized spacial score (nSPS) is 25.9. The molecule has 1 N–H and O–H groups in total. The maximum Gasteiger partial charge on any atom is 0.227 e. The Morgan fingerprint density at radius 1 is 1.29 bits per heavy atom. The molecule has 7 heteroatoms. The summed E-state index contributed by atoms with van der Waals surface area (Å²) in [5, 5.41) is 14.9. The van der Waals surface area contributed by atoms with E-state index in [0.717, 1.165) is 24.3 Å². The van der Waals surface area contributed by atoms with Gasteiger partial charge in [-0.05, 0) is 39.8 Å². The van der Waals surface area contributed by atoms with Crippen molar-refractivity contribution in [1.82, 2.24) is 15.0 Å². The van der Waals surface area contributed by atoms with Crippen molar-refractivity contribution in [3.63, 3.8) is 0 Å². The number of likely N-dealkylation sites (tertiary alicyclic amines) is 1. The number of carbonyl (C=O) groups excluding carboxylic acids is 1. The van der Waals surface area contributed by atoms with Crippen LogP contribution in [0.3, 0.4) is 0 Å². The lowest BCUT2D eigenvalue weighted by molar-refractivity contribution is -0.133. The Labute approximate surface area is 142 Å². The molecule has 2 aliphatic heterocycles. The van der Waals surface area contributed by atoms with Crippen LogP contribution in [0, 0.1) is 13.8 Å². The number of β-amino-alcohol motifs (C(OH)–C–C–N with tert-alkyl or cyclic N) is 1. The average molecular weight is 337 g/mol. The molecule has 7 nitrogen and oxygen atoms in total. The second-order valence-corrected chi connectivity index (χ2v) is 7.05. The Morgan fingerprint density at radius 2 is 2.04 bits per heavy atom. The fraction of sp³-hybridized carbons (Fsp3) is 0.765. The number of hydrogen-bond donors (Lipinski definition) is 1. The number of nitrogens with zero attached hydrogens (tertiary/aromatic N) is 3. The van der Waals surface area contributed by atoms with E-state index in [0.29, 0.717) is 32.0 Å². The van der Waals surface area contributed by atoms with Gasteiger partial charge in [-0.1, -0.05) is 5.16 Å². The van der Waals surface area contributed by atoms with Crippen LogP contribution in [-0.4, -0.2) is 77.5 Å². The second kappa shape index (κ2) is 7.21. The first-order valence-electron chi connectivity index (χ1n) is 8.69. The van der Waals surface area contributed by atoms with Crippen molar-refractivity contribution >= 4 is 5.91 Å². The fourth-order valence-electron chi connectivity index (χ4n) is 3.60. The van der Waals surface area contributed by atoms with Crippen LogP contribution in [-0.2, 0) is 16.0 Å². The van der Waals surface area contributed by atoms with Gasteiger partial charge in [0.2, 0.25) is 5.91 Å². The number of amides is 1. The first-order valence-corrected chi connectivity index (χ1v) is 8.69. The highest BCUT2D eigenvalue weighted by Gasteiger charge is 2.36. The summed E-state index contributed by atoms with van der Waals surface area (Å²) < 4.78 is 10.7. The minimum absolute atomic E-state index is 0.0188. The Balaban J connectivity index is 1.66. The van der Waals surface area contributed by atoms with Crippen LogP contribution in [0.2, 0.25) is 0 Å². The molecule has 1 amide bonds. The third-order valence-corrected chi connectivity index (χ3v) is 4.94. The van der Waals surface area contributed by atoms with Gasteiger partial charge in [0.15, 0.2) is 0 Å². The number of rotatable bonds is 4. The third-order valence-electron chi connectivity index (χ3n) is 4.94. The zero-order valence-electron chi connectivity index (χ0n) is 14.6. The van der Waals surface area contributed by atoms with Crippen molar-refractivity contribution in [1.29, 1.82) is 0 Å². The molecule has 0 saturated carbocycles. The molecule has 1 aromatic rings. The average Bonchev–Trinajstić information content (AvgIpc) is 3.09. The van der Waals surface area contributed by atoms with Crippen LogP contribution in [0.4, 0.5) is 0 Å². The SMILES string of the molecule is Cc1noc(C)c1CC(=O)N1CCOC[C@@](O)(CN2CCCC2)C1. The smallest absolute Gasteiger partial charge is 0.227 e. The second-order valence-electron chi connectivity index (χ2n) is 7.05. The molecule has 0 bridgehead atoms. The quantitative estimate of drug-likeness (QED) is 0.863. The zero-order chi connectivity index (χ0) is 17.2. The highest BCUT2D eigenvalue weighted by molar-refractivity contribution is 5.79. The minimum Gasteiger partial charge on any atom is -0.384 e.